The molecule has 1 aromatic rings. The molecule has 1 aliphatic heterocycles. The lowest BCUT2D eigenvalue weighted by Gasteiger charge is -2.29. The van der Waals surface area contributed by atoms with Crippen LogP contribution in [-0.4, -0.2) is 33.5 Å². The lowest BCUT2D eigenvalue weighted by Crippen LogP contribution is -2.40. The second-order valence-electron chi connectivity index (χ2n) is 5.31. The lowest BCUT2D eigenvalue weighted by molar-refractivity contribution is -0.384. The molecule has 1 aromatic carbocycles. The van der Waals surface area contributed by atoms with Crippen molar-refractivity contribution in [2.45, 2.75) is 32.4 Å². The largest absolute Gasteiger partial charge is 0.480 e. The topological polar surface area (TPSA) is 83.7 Å². The van der Waals surface area contributed by atoms with Crippen molar-refractivity contribution in [2.75, 3.05) is 6.54 Å². The van der Waals surface area contributed by atoms with Gasteiger partial charge in [0.15, 0.2) is 0 Å². The van der Waals surface area contributed by atoms with Crippen LogP contribution in [0.4, 0.5) is 5.69 Å². The van der Waals surface area contributed by atoms with E-state index in [4.69, 9.17) is 0 Å². The van der Waals surface area contributed by atoms with Crippen LogP contribution in [0.2, 0.25) is 0 Å². The Balaban J connectivity index is 2.26. The number of carboxylic acids is 1. The van der Waals surface area contributed by atoms with E-state index in [9.17, 15) is 20.0 Å². The Hall–Kier alpha value is -1.95. The van der Waals surface area contributed by atoms with Crippen molar-refractivity contribution in [1.29, 1.82) is 0 Å². The molecule has 1 N–H and O–H groups in total. The van der Waals surface area contributed by atoms with E-state index in [2.05, 4.69) is 0 Å². The molecule has 3 unspecified atom stereocenters. The lowest BCUT2D eigenvalue weighted by atomic mass is 10.0. The van der Waals surface area contributed by atoms with E-state index in [-0.39, 0.29) is 17.6 Å². The Morgan fingerprint density at radius 1 is 1.55 bits per heavy atom. The highest BCUT2D eigenvalue weighted by atomic mass is 16.6. The average Bonchev–Trinajstić information content (AvgIpc) is 2.80. The minimum Gasteiger partial charge on any atom is -0.480 e. The third kappa shape index (κ3) is 2.65. The summed E-state index contributed by atoms with van der Waals surface area (Å²) in [5.74, 6) is -0.735. The van der Waals surface area contributed by atoms with Crippen LogP contribution >= 0.6 is 0 Å². The zero-order valence-corrected chi connectivity index (χ0v) is 11.5. The van der Waals surface area contributed by atoms with Crippen LogP contribution < -0.4 is 0 Å². The summed E-state index contributed by atoms with van der Waals surface area (Å²) in [6.45, 7) is 4.52. The summed E-state index contributed by atoms with van der Waals surface area (Å²) in [4.78, 5) is 23.7. The van der Waals surface area contributed by atoms with Crippen LogP contribution in [0.25, 0.3) is 0 Å². The first-order valence-electron chi connectivity index (χ1n) is 6.64. The first-order valence-corrected chi connectivity index (χ1v) is 6.64. The molecule has 6 nitrogen and oxygen atoms in total. The molecule has 0 radical (unpaired) electrons. The number of carbonyl (C=O) groups is 1. The molecule has 2 rings (SSSR count). The molecule has 0 aromatic heterocycles. The Labute approximate surface area is 117 Å². The van der Waals surface area contributed by atoms with E-state index in [0.29, 0.717) is 6.54 Å². The molecule has 1 heterocycles. The summed E-state index contributed by atoms with van der Waals surface area (Å²) < 4.78 is 0. The first kappa shape index (κ1) is 14.5. The normalized spacial score (nSPS) is 24.5. The number of nitrogens with zero attached hydrogens (tertiary/aromatic N) is 2. The van der Waals surface area contributed by atoms with Gasteiger partial charge < -0.3 is 5.11 Å². The molecule has 108 valence electrons. The molecule has 3 atom stereocenters. The van der Waals surface area contributed by atoms with Crippen LogP contribution in [0.3, 0.4) is 0 Å². The van der Waals surface area contributed by atoms with E-state index in [1.165, 1.54) is 12.1 Å². The van der Waals surface area contributed by atoms with Gasteiger partial charge in [0.1, 0.15) is 6.04 Å². The van der Waals surface area contributed by atoms with Gasteiger partial charge in [-0.25, -0.2) is 0 Å². The van der Waals surface area contributed by atoms with Crippen LogP contribution in [0.1, 0.15) is 31.9 Å². The molecule has 1 saturated heterocycles. The molecule has 0 aliphatic carbocycles. The maximum Gasteiger partial charge on any atom is 0.321 e. The second kappa shape index (κ2) is 5.58. The van der Waals surface area contributed by atoms with Crippen LogP contribution in [-0.2, 0) is 4.79 Å². The standard InChI is InChI=1S/C14H18N2O4/c1-9-6-7-15(13(9)14(17)18)10(2)11-4-3-5-12(8-11)16(19)20/h3-5,8-10,13H,6-7H2,1-2H3,(H,17,18). The SMILES string of the molecule is CC1CCN(C(C)c2cccc([N+](=O)[O-])c2)C1C(=O)O. The van der Waals surface area contributed by atoms with Crippen molar-refractivity contribution in [2.24, 2.45) is 5.92 Å². The van der Waals surface area contributed by atoms with Gasteiger partial charge in [0, 0.05) is 18.2 Å². The number of likely N-dealkylation sites (tertiary alicyclic amines) is 1. The fourth-order valence-electron chi connectivity index (χ4n) is 2.89. The van der Waals surface area contributed by atoms with Crippen molar-refractivity contribution < 1.29 is 14.8 Å². The molecule has 0 saturated carbocycles. The maximum absolute atomic E-state index is 11.4. The number of nitro groups is 1. The highest BCUT2D eigenvalue weighted by Gasteiger charge is 2.39. The number of hydrogen-bond acceptors (Lipinski definition) is 4. The summed E-state index contributed by atoms with van der Waals surface area (Å²) in [5, 5.41) is 20.2. The third-order valence-electron chi connectivity index (χ3n) is 4.05. The van der Waals surface area contributed by atoms with Crippen LogP contribution in [0.15, 0.2) is 24.3 Å². The van der Waals surface area contributed by atoms with Crippen LogP contribution in [0.5, 0.6) is 0 Å². The second-order valence-corrected chi connectivity index (χ2v) is 5.31. The number of rotatable bonds is 4. The molecular weight excluding hydrogens is 260 g/mol. The van der Waals surface area contributed by atoms with Crippen molar-refractivity contribution in [3.8, 4) is 0 Å². The van der Waals surface area contributed by atoms with Gasteiger partial charge in [-0.2, -0.15) is 0 Å². The monoisotopic (exact) mass is 278 g/mol. The summed E-state index contributed by atoms with van der Waals surface area (Å²) in [6, 6.07) is 5.73. The summed E-state index contributed by atoms with van der Waals surface area (Å²) in [7, 11) is 0. The maximum atomic E-state index is 11.4. The van der Waals surface area contributed by atoms with Gasteiger partial charge >= 0.3 is 5.97 Å². The molecule has 1 fully saturated rings. The highest BCUT2D eigenvalue weighted by molar-refractivity contribution is 5.74. The summed E-state index contributed by atoms with van der Waals surface area (Å²) in [6.07, 6.45) is 0.830. The number of benzene rings is 1. The molecule has 20 heavy (non-hydrogen) atoms. The fourth-order valence-corrected chi connectivity index (χ4v) is 2.89. The molecule has 0 spiro atoms. The summed E-state index contributed by atoms with van der Waals surface area (Å²) >= 11 is 0. The first-order chi connectivity index (χ1) is 9.41. The van der Waals surface area contributed by atoms with Gasteiger partial charge in [0.25, 0.3) is 5.69 Å². The van der Waals surface area contributed by atoms with Crippen molar-refractivity contribution >= 4 is 11.7 Å². The average molecular weight is 278 g/mol. The Kier molecular flexibility index (Phi) is 4.04. The van der Waals surface area contributed by atoms with E-state index < -0.39 is 16.9 Å². The van der Waals surface area contributed by atoms with Crippen LogP contribution in [0, 0.1) is 16.0 Å². The Morgan fingerprint density at radius 3 is 2.85 bits per heavy atom. The van der Waals surface area contributed by atoms with Crippen molar-refractivity contribution in [3.05, 3.63) is 39.9 Å². The Bertz CT molecular complexity index is 532. The molecule has 0 bridgehead atoms. The van der Waals surface area contributed by atoms with Crippen molar-refractivity contribution in [1.82, 2.24) is 4.90 Å². The fraction of sp³-hybridized carbons (Fsp3) is 0.500. The number of aliphatic carboxylic acids is 1. The van der Waals surface area contributed by atoms with Gasteiger partial charge in [0.05, 0.1) is 4.92 Å². The van der Waals surface area contributed by atoms with E-state index >= 15 is 0 Å². The Morgan fingerprint density at radius 2 is 2.25 bits per heavy atom. The molecule has 0 amide bonds. The molecule has 6 heteroatoms. The van der Waals surface area contributed by atoms with E-state index in [0.717, 1.165) is 12.0 Å². The number of hydrogen-bond donors (Lipinski definition) is 1. The zero-order chi connectivity index (χ0) is 14.9. The van der Waals surface area contributed by atoms with Crippen molar-refractivity contribution in [3.63, 3.8) is 0 Å². The minimum atomic E-state index is -0.827. The van der Waals surface area contributed by atoms with Gasteiger partial charge in [-0.1, -0.05) is 19.1 Å². The predicted molar refractivity (Wildman–Crippen MR) is 73.4 cm³/mol. The van der Waals surface area contributed by atoms with E-state index in [1.807, 2.05) is 18.7 Å². The van der Waals surface area contributed by atoms with E-state index in [1.54, 1.807) is 12.1 Å². The van der Waals surface area contributed by atoms with Gasteiger partial charge in [0.2, 0.25) is 0 Å². The predicted octanol–water partition coefficient (Wildman–Crippen LogP) is 2.45. The van der Waals surface area contributed by atoms with Gasteiger partial charge in [-0.15, -0.1) is 0 Å². The number of non-ortho nitro benzene ring substituents is 1. The number of nitro benzene ring substituents is 1. The highest BCUT2D eigenvalue weighted by Crippen LogP contribution is 2.33. The van der Waals surface area contributed by atoms with Gasteiger partial charge in [-0.05, 0) is 31.4 Å². The van der Waals surface area contributed by atoms with Gasteiger partial charge in [-0.3, -0.25) is 19.8 Å². The zero-order valence-electron chi connectivity index (χ0n) is 11.5. The summed E-state index contributed by atoms with van der Waals surface area (Å²) in [5.41, 5.74) is 0.813. The minimum absolute atomic E-state index is 0.0356. The molecular formula is C14H18N2O4. The smallest absolute Gasteiger partial charge is 0.321 e. The quantitative estimate of drug-likeness (QED) is 0.675. The third-order valence-corrected chi connectivity index (χ3v) is 4.05. The number of carboxylic acid groups (broad SMARTS) is 1. The molecule has 1 aliphatic rings.